The first kappa shape index (κ1) is 16.6. The molecule has 120 valence electrons. The van der Waals surface area contributed by atoms with E-state index in [-0.39, 0.29) is 11.8 Å². The number of ether oxygens (including phenoxy) is 1. The van der Waals surface area contributed by atoms with Gasteiger partial charge in [-0.2, -0.15) is 0 Å². The first-order chi connectivity index (χ1) is 10.7. The SMILES string of the molecule is COC(=O)CN1CCCN(CC=Cc2ccc(F)cc2)CC1. The van der Waals surface area contributed by atoms with Crippen LogP contribution in [0.1, 0.15) is 12.0 Å². The highest BCUT2D eigenvalue weighted by molar-refractivity contribution is 5.71. The van der Waals surface area contributed by atoms with E-state index >= 15 is 0 Å². The van der Waals surface area contributed by atoms with Crippen molar-refractivity contribution in [2.45, 2.75) is 6.42 Å². The molecule has 1 saturated heterocycles. The zero-order chi connectivity index (χ0) is 15.8. The summed E-state index contributed by atoms with van der Waals surface area (Å²) < 4.78 is 17.5. The summed E-state index contributed by atoms with van der Waals surface area (Å²) in [5.74, 6) is -0.389. The molecule has 1 aromatic carbocycles. The van der Waals surface area contributed by atoms with Crippen LogP contribution in [-0.2, 0) is 9.53 Å². The number of methoxy groups -OCH3 is 1. The molecule has 0 aliphatic carbocycles. The molecular formula is C17H23FN2O2. The van der Waals surface area contributed by atoms with E-state index in [0.717, 1.165) is 44.7 Å². The quantitative estimate of drug-likeness (QED) is 0.779. The molecule has 1 heterocycles. The second kappa shape index (κ2) is 8.66. The lowest BCUT2D eigenvalue weighted by molar-refractivity contribution is -0.141. The third kappa shape index (κ3) is 5.58. The molecule has 0 atom stereocenters. The second-order valence-electron chi connectivity index (χ2n) is 5.46. The van der Waals surface area contributed by atoms with Gasteiger partial charge in [-0.1, -0.05) is 24.3 Å². The summed E-state index contributed by atoms with van der Waals surface area (Å²) in [7, 11) is 1.42. The predicted molar refractivity (Wildman–Crippen MR) is 84.9 cm³/mol. The van der Waals surface area contributed by atoms with Crippen LogP contribution in [0.15, 0.2) is 30.3 Å². The van der Waals surface area contributed by atoms with Crippen molar-refractivity contribution in [2.24, 2.45) is 0 Å². The molecule has 22 heavy (non-hydrogen) atoms. The van der Waals surface area contributed by atoms with E-state index in [9.17, 15) is 9.18 Å². The largest absolute Gasteiger partial charge is 0.468 e. The van der Waals surface area contributed by atoms with Gasteiger partial charge in [0.25, 0.3) is 0 Å². The van der Waals surface area contributed by atoms with Gasteiger partial charge in [-0.15, -0.1) is 0 Å². The highest BCUT2D eigenvalue weighted by atomic mass is 19.1. The van der Waals surface area contributed by atoms with Gasteiger partial charge in [0.05, 0.1) is 13.7 Å². The fourth-order valence-electron chi connectivity index (χ4n) is 2.52. The Balaban J connectivity index is 1.77. The average Bonchev–Trinajstić information content (AvgIpc) is 2.75. The molecule has 0 unspecified atom stereocenters. The zero-order valence-corrected chi connectivity index (χ0v) is 13.0. The Morgan fingerprint density at radius 2 is 1.86 bits per heavy atom. The number of benzene rings is 1. The van der Waals surface area contributed by atoms with Crippen molar-refractivity contribution in [3.8, 4) is 0 Å². The van der Waals surface area contributed by atoms with E-state index in [4.69, 9.17) is 4.74 Å². The van der Waals surface area contributed by atoms with Gasteiger partial charge in [0.15, 0.2) is 0 Å². The van der Waals surface area contributed by atoms with Crippen LogP contribution in [0.5, 0.6) is 0 Å². The van der Waals surface area contributed by atoms with Crippen molar-refractivity contribution < 1.29 is 13.9 Å². The molecule has 0 aromatic heterocycles. The second-order valence-corrected chi connectivity index (χ2v) is 5.46. The lowest BCUT2D eigenvalue weighted by Crippen LogP contribution is -2.34. The van der Waals surface area contributed by atoms with Gasteiger partial charge in [-0.05, 0) is 30.7 Å². The number of rotatable bonds is 5. The molecule has 2 rings (SSSR count). The Morgan fingerprint density at radius 1 is 1.18 bits per heavy atom. The number of carbonyl (C=O) groups is 1. The molecule has 0 bridgehead atoms. The molecule has 1 fully saturated rings. The normalized spacial score (nSPS) is 17.5. The van der Waals surface area contributed by atoms with Crippen molar-refractivity contribution >= 4 is 12.0 Å². The van der Waals surface area contributed by atoms with E-state index in [1.165, 1.54) is 19.2 Å². The first-order valence-corrected chi connectivity index (χ1v) is 7.61. The predicted octanol–water partition coefficient (Wildman–Crippen LogP) is 2.02. The monoisotopic (exact) mass is 306 g/mol. The van der Waals surface area contributed by atoms with E-state index in [1.54, 1.807) is 12.1 Å². The van der Waals surface area contributed by atoms with E-state index < -0.39 is 0 Å². The number of carbonyl (C=O) groups excluding carboxylic acids is 1. The molecule has 1 aliphatic heterocycles. The van der Waals surface area contributed by atoms with Crippen LogP contribution in [0.2, 0.25) is 0 Å². The number of esters is 1. The van der Waals surface area contributed by atoms with Crippen LogP contribution < -0.4 is 0 Å². The van der Waals surface area contributed by atoms with Gasteiger partial charge >= 0.3 is 5.97 Å². The van der Waals surface area contributed by atoms with Crippen LogP contribution in [0.4, 0.5) is 4.39 Å². The van der Waals surface area contributed by atoms with Crippen molar-refractivity contribution in [2.75, 3.05) is 46.4 Å². The fraction of sp³-hybridized carbons (Fsp3) is 0.471. The lowest BCUT2D eigenvalue weighted by atomic mass is 10.2. The third-order valence-electron chi connectivity index (χ3n) is 3.81. The molecule has 0 saturated carbocycles. The standard InChI is InChI=1S/C17H23FN2O2/c1-22-17(21)14-20-11-3-10-19(12-13-20)9-2-4-15-5-7-16(18)8-6-15/h2,4-8H,3,9-14H2,1H3. The maximum absolute atomic E-state index is 12.8. The fourth-order valence-corrected chi connectivity index (χ4v) is 2.52. The lowest BCUT2D eigenvalue weighted by Gasteiger charge is -2.19. The Kier molecular flexibility index (Phi) is 6.55. The smallest absolute Gasteiger partial charge is 0.319 e. The zero-order valence-electron chi connectivity index (χ0n) is 13.0. The van der Waals surface area contributed by atoms with E-state index in [2.05, 4.69) is 15.9 Å². The van der Waals surface area contributed by atoms with Crippen molar-refractivity contribution in [3.63, 3.8) is 0 Å². The van der Waals surface area contributed by atoms with Crippen LogP contribution in [0.25, 0.3) is 6.08 Å². The Labute approximate surface area is 131 Å². The molecule has 0 spiro atoms. The average molecular weight is 306 g/mol. The highest BCUT2D eigenvalue weighted by Crippen LogP contribution is 2.06. The summed E-state index contributed by atoms with van der Waals surface area (Å²) in [4.78, 5) is 15.8. The Bertz CT molecular complexity index is 502. The molecule has 0 N–H and O–H groups in total. The molecule has 4 nitrogen and oxygen atoms in total. The third-order valence-corrected chi connectivity index (χ3v) is 3.81. The minimum absolute atomic E-state index is 0.176. The summed E-state index contributed by atoms with van der Waals surface area (Å²) in [5, 5.41) is 0. The van der Waals surface area contributed by atoms with E-state index in [0.29, 0.717) is 6.54 Å². The summed E-state index contributed by atoms with van der Waals surface area (Å²) in [6.07, 6.45) is 5.15. The maximum Gasteiger partial charge on any atom is 0.319 e. The highest BCUT2D eigenvalue weighted by Gasteiger charge is 2.16. The van der Waals surface area contributed by atoms with Crippen molar-refractivity contribution in [3.05, 3.63) is 41.7 Å². The molecule has 1 aliphatic rings. The summed E-state index contributed by atoms with van der Waals surface area (Å²) in [6, 6.07) is 6.48. The van der Waals surface area contributed by atoms with Gasteiger partial charge in [0, 0.05) is 26.2 Å². The van der Waals surface area contributed by atoms with E-state index in [1.807, 2.05) is 6.08 Å². The molecular weight excluding hydrogens is 283 g/mol. The summed E-state index contributed by atoms with van der Waals surface area (Å²) in [5.41, 5.74) is 1.00. The van der Waals surface area contributed by atoms with Crippen LogP contribution in [0, 0.1) is 5.82 Å². The van der Waals surface area contributed by atoms with Crippen LogP contribution in [-0.4, -0.2) is 62.1 Å². The summed E-state index contributed by atoms with van der Waals surface area (Å²) in [6.45, 7) is 4.99. The number of halogens is 1. The molecule has 0 radical (unpaired) electrons. The van der Waals surface area contributed by atoms with Crippen molar-refractivity contribution in [1.29, 1.82) is 0 Å². The van der Waals surface area contributed by atoms with Crippen molar-refractivity contribution in [1.82, 2.24) is 9.80 Å². The first-order valence-electron chi connectivity index (χ1n) is 7.61. The molecule has 1 aromatic rings. The number of hydrogen-bond acceptors (Lipinski definition) is 4. The van der Waals surface area contributed by atoms with Gasteiger partial charge in [-0.3, -0.25) is 14.6 Å². The molecule has 0 amide bonds. The minimum atomic E-state index is -0.213. The van der Waals surface area contributed by atoms with Crippen LogP contribution in [0.3, 0.4) is 0 Å². The Morgan fingerprint density at radius 3 is 2.59 bits per heavy atom. The molecule has 5 heteroatoms. The minimum Gasteiger partial charge on any atom is -0.468 e. The van der Waals surface area contributed by atoms with Gasteiger partial charge in [-0.25, -0.2) is 4.39 Å². The van der Waals surface area contributed by atoms with Gasteiger partial charge < -0.3 is 4.74 Å². The Hall–Kier alpha value is -1.72. The summed E-state index contributed by atoms with van der Waals surface area (Å²) >= 11 is 0. The number of nitrogens with zero attached hydrogens (tertiary/aromatic N) is 2. The van der Waals surface area contributed by atoms with Crippen LogP contribution >= 0.6 is 0 Å². The number of hydrogen-bond donors (Lipinski definition) is 0. The topological polar surface area (TPSA) is 32.8 Å². The van der Waals surface area contributed by atoms with Gasteiger partial charge in [0.2, 0.25) is 0 Å². The maximum atomic E-state index is 12.8. The van der Waals surface area contributed by atoms with Gasteiger partial charge in [0.1, 0.15) is 5.82 Å².